The lowest BCUT2D eigenvalue weighted by atomic mass is 10.4. The van der Waals surface area contributed by atoms with Crippen LogP contribution in [0.3, 0.4) is 0 Å². The van der Waals surface area contributed by atoms with Crippen LogP contribution in [-0.2, 0) is 0 Å². The van der Waals surface area contributed by atoms with Crippen molar-refractivity contribution in [2.45, 2.75) is 18.3 Å². The smallest absolute Gasteiger partial charge is 0.219 e. The number of hydrogen-bond acceptors (Lipinski definition) is 4. The molecule has 0 spiro atoms. The molecule has 0 aromatic heterocycles. The minimum absolute atomic E-state index is 1.04. The van der Waals surface area contributed by atoms with Gasteiger partial charge in [0.2, 0.25) is 3.60 Å². The fourth-order valence-electron chi connectivity index (χ4n) is 1.97. The standard InChI is InChI=1S/C19H16OS3/c20-19(21-16-10-4-1-5-11-16,22-17-12-6-2-7-13-17)23-18-14-8-3-9-15-18/h1-15,20H. The highest BCUT2D eigenvalue weighted by molar-refractivity contribution is 8.33. The quantitative estimate of drug-likeness (QED) is 0.434. The Bertz CT molecular complexity index is 616. The summed E-state index contributed by atoms with van der Waals surface area (Å²) >= 11 is 4.39. The maximum Gasteiger partial charge on any atom is 0.219 e. The Kier molecular flexibility index (Phi) is 5.73. The maximum atomic E-state index is 11.3. The van der Waals surface area contributed by atoms with Crippen LogP contribution in [0, 0.1) is 0 Å². The van der Waals surface area contributed by atoms with Gasteiger partial charge in [0.1, 0.15) is 0 Å². The second kappa shape index (κ2) is 7.97. The number of aliphatic hydroxyl groups is 1. The summed E-state index contributed by atoms with van der Waals surface area (Å²) in [4.78, 5) is 3.13. The summed E-state index contributed by atoms with van der Waals surface area (Å²) in [6.07, 6.45) is 0. The van der Waals surface area contributed by atoms with Gasteiger partial charge >= 0.3 is 0 Å². The zero-order valence-electron chi connectivity index (χ0n) is 12.3. The molecule has 4 heteroatoms. The lowest BCUT2D eigenvalue weighted by Gasteiger charge is -2.26. The number of thioether (sulfide) groups is 3. The predicted octanol–water partition coefficient (Wildman–Crippen LogP) is 5.97. The van der Waals surface area contributed by atoms with E-state index in [1.54, 1.807) is 0 Å². The summed E-state index contributed by atoms with van der Waals surface area (Å²) < 4.78 is -1.04. The highest BCUT2D eigenvalue weighted by Crippen LogP contribution is 2.53. The van der Waals surface area contributed by atoms with Gasteiger partial charge in [0.25, 0.3) is 0 Å². The van der Waals surface area contributed by atoms with Crippen LogP contribution in [0.25, 0.3) is 0 Å². The molecule has 0 saturated heterocycles. The average molecular weight is 357 g/mol. The molecule has 0 radical (unpaired) electrons. The minimum Gasteiger partial charge on any atom is -0.361 e. The first-order chi connectivity index (χ1) is 11.2. The largest absolute Gasteiger partial charge is 0.361 e. The molecule has 0 aliphatic rings. The van der Waals surface area contributed by atoms with Crippen LogP contribution in [0.15, 0.2) is 106 Å². The van der Waals surface area contributed by atoms with Crippen molar-refractivity contribution >= 4 is 35.3 Å². The van der Waals surface area contributed by atoms with E-state index in [9.17, 15) is 5.11 Å². The maximum absolute atomic E-state index is 11.3. The summed E-state index contributed by atoms with van der Waals surface area (Å²) in [6, 6.07) is 30.0. The molecule has 0 amide bonds. The van der Waals surface area contributed by atoms with Crippen LogP contribution in [0.5, 0.6) is 0 Å². The Balaban J connectivity index is 1.85. The van der Waals surface area contributed by atoms with Gasteiger partial charge in [-0.3, -0.25) is 0 Å². The van der Waals surface area contributed by atoms with Crippen molar-refractivity contribution in [3.8, 4) is 0 Å². The van der Waals surface area contributed by atoms with Gasteiger partial charge < -0.3 is 5.11 Å². The Labute approximate surface area is 149 Å². The van der Waals surface area contributed by atoms with Crippen molar-refractivity contribution in [3.05, 3.63) is 91.0 Å². The average Bonchev–Trinajstić information content (AvgIpc) is 2.57. The molecule has 3 aromatic rings. The van der Waals surface area contributed by atoms with Crippen LogP contribution < -0.4 is 0 Å². The van der Waals surface area contributed by atoms with E-state index in [0.717, 1.165) is 14.7 Å². The Morgan fingerprint density at radius 1 is 0.478 bits per heavy atom. The van der Waals surface area contributed by atoms with E-state index in [-0.39, 0.29) is 0 Å². The highest BCUT2D eigenvalue weighted by atomic mass is 32.3. The zero-order valence-corrected chi connectivity index (χ0v) is 14.8. The molecule has 0 bridgehead atoms. The fourth-order valence-corrected chi connectivity index (χ4v) is 5.98. The molecule has 3 rings (SSSR count). The normalized spacial score (nSPS) is 11.3. The summed E-state index contributed by atoms with van der Waals surface area (Å²) in [7, 11) is 0. The Morgan fingerprint density at radius 2 is 0.739 bits per heavy atom. The first-order valence-electron chi connectivity index (χ1n) is 7.18. The lowest BCUT2D eigenvalue weighted by molar-refractivity contribution is 0.316. The van der Waals surface area contributed by atoms with Gasteiger partial charge in [-0.15, -0.1) is 0 Å². The van der Waals surface area contributed by atoms with E-state index in [4.69, 9.17) is 0 Å². The molecule has 0 aliphatic heterocycles. The summed E-state index contributed by atoms with van der Waals surface area (Å²) in [5.74, 6) is 0. The van der Waals surface area contributed by atoms with E-state index in [0.29, 0.717) is 0 Å². The first-order valence-corrected chi connectivity index (χ1v) is 9.63. The minimum atomic E-state index is -1.04. The topological polar surface area (TPSA) is 20.2 Å². The summed E-state index contributed by atoms with van der Waals surface area (Å²) in [5, 5.41) is 11.3. The van der Waals surface area contributed by atoms with Crippen molar-refractivity contribution in [1.29, 1.82) is 0 Å². The second-order valence-corrected chi connectivity index (χ2v) is 9.34. The third-order valence-corrected chi connectivity index (χ3v) is 6.77. The molecule has 0 unspecified atom stereocenters. The molecule has 3 aromatic carbocycles. The SMILES string of the molecule is OC(Sc1ccccc1)(Sc1ccccc1)Sc1ccccc1. The van der Waals surface area contributed by atoms with Crippen molar-refractivity contribution < 1.29 is 5.11 Å². The third kappa shape index (κ3) is 5.08. The van der Waals surface area contributed by atoms with Crippen LogP contribution in [0.2, 0.25) is 0 Å². The Morgan fingerprint density at radius 3 is 1.00 bits per heavy atom. The first kappa shape index (κ1) is 16.5. The molecule has 0 atom stereocenters. The molecule has 0 heterocycles. The number of benzene rings is 3. The van der Waals surface area contributed by atoms with E-state index >= 15 is 0 Å². The fraction of sp³-hybridized carbons (Fsp3) is 0.0526. The molecular weight excluding hydrogens is 340 g/mol. The number of rotatable bonds is 6. The van der Waals surface area contributed by atoms with Gasteiger partial charge in [-0.2, -0.15) is 0 Å². The van der Waals surface area contributed by atoms with Crippen LogP contribution in [0.4, 0.5) is 0 Å². The summed E-state index contributed by atoms with van der Waals surface area (Å²) in [5.41, 5.74) is 0. The van der Waals surface area contributed by atoms with Gasteiger partial charge in [-0.25, -0.2) is 0 Å². The Hall–Kier alpha value is -1.33. The number of hydrogen-bond donors (Lipinski definition) is 1. The highest BCUT2D eigenvalue weighted by Gasteiger charge is 2.31. The van der Waals surface area contributed by atoms with Crippen molar-refractivity contribution in [2.24, 2.45) is 0 Å². The van der Waals surface area contributed by atoms with Gasteiger partial charge in [0.15, 0.2) is 0 Å². The van der Waals surface area contributed by atoms with Crippen molar-refractivity contribution in [1.82, 2.24) is 0 Å². The van der Waals surface area contributed by atoms with E-state index < -0.39 is 3.60 Å². The van der Waals surface area contributed by atoms with E-state index in [1.165, 1.54) is 35.3 Å². The van der Waals surface area contributed by atoms with Crippen molar-refractivity contribution in [3.63, 3.8) is 0 Å². The zero-order chi connectivity index (χ0) is 16.0. The van der Waals surface area contributed by atoms with Crippen LogP contribution in [-0.4, -0.2) is 8.70 Å². The second-order valence-electron chi connectivity index (χ2n) is 4.77. The molecule has 0 fully saturated rings. The molecule has 1 N–H and O–H groups in total. The van der Waals surface area contributed by atoms with Gasteiger partial charge in [0.05, 0.1) is 0 Å². The van der Waals surface area contributed by atoms with Gasteiger partial charge in [0, 0.05) is 14.7 Å². The molecular formula is C19H16OS3. The summed E-state index contributed by atoms with van der Waals surface area (Å²) in [6.45, 7) is 0. The van der Waals surface area contributed by atoms with Gasteiger partial charge in [-0.05, 0) is 36.4 Å². The predicted molar refractivity (Wildman–Crippen MR) is 102 cm³/mol. The van der Waals surface area contributed by atoms with E-state index in [1.807, 2.05) is 91.0 Å². The lowest BCUT2D eigenvalue weighted by Crippen LogP contribution is -2.13. The third-order valence-electron chi connectivity index (χ3n) is 2.97. The van der Waals surface area contributed by atoms with Crippen LogP contribution >= 0.6 is 35.3 Å². The molecule has 116 valence electrons. The van der Waals surface area contributed by atoms with Crippen LogP contribution in [0.1, 0.15) is 0 Å². The molecule has 0 aliphatic carbocycles. The van der Waals surface area contributed by atoms with E-state index in [2.05, 4.69) is 0 Å². The molecule has 23 heavy (non-hydrogen) atoms. The molecule has 0 saturated carbocycles. The van der Waals surface area contributed by atoms with Crippen molar-refractivity contribution in [2.75, 3.05) is 0 Å². The van der Waals surface area contributed by atoms with Gasteiger partial charge in [-0.1, -0.05) is 89.9 Å². The monoisotopic (exact) mass is 356 g/mol. The molecule has 1 nitrogen and oxygen atoms in total.